The Hall–Kier alpha value is 0. The van der Waals surface area contributed by atoms with Gasteiger partial charge >= 0.3 is 0 Å². The third-order valence-corrected chi connectivity index (χ3v) is 3.84. The molecule has 0 aromatic rings. The molecule has 0 spiro atoms. The maximum Gasteiger partial charge on any atom is -0.0140 e. The van der Waals surface area contributed by atoms with Crippen LogP contribution in [-0.2, 0) is 0 Å². The molecular formula is C11H17. The minimum absolute atomic E-state index is 0.608. The van der Waals surface area contributed by atoms with E-state index in [-0.39, 0.29) is 0 Å². The van der Waals surface area contributed by atoms with Crippen LogP contribution in [0.4, 0.5) is 0 Å². The molecule has 0 heterocycles. The summed E-state index contributed by atoms with van der Waals surface area (Å²) in [6.07, 6.45) is 7.50. The molecule has 3 aliphatic carbocycles. The van der Waals surface area contributed by atoms with Gasteiger partial charge in [-0.15, -0.1) is 0 Å². The normalized spacial score (nSPS) is 41.7. The van der Waals surface area contributed by atoms with E-state index in [0.29, 0.717) is 5.41 Å². The van der Waals surface area contributed by atoms with Gasteiger partial charge in [0.25, 0.3) is 0 Å². The van der Waals surface area contributed by atoms with Crippen molar-refractivity contribution < 1.29 is 0 Å². The average molecular weight is 149 g/mol. The SMILES string of the molecule is C[CH][C]1[CH]C[C@H]2C[C@@H]1C2(C)C. The Balaban J connectivity index is 2.10. The van der Waals surface area contributed by atoms with Gasteiger partial charge in [0.05, 0.1) is 0 Å². The molecule has 0 aliphatic heterocycles. The smallest absolute Gasteiger partial charge is 0.0140 e. The van der Waals surface area contributed by atoms with Crippen LogP contribution in [0.5, 0.6) is 0 Å². The Bertz CT molecular complexity index is 155. The van der Waals surface area contributed by atoms with Gasteiger partial charge in [0.1, 0.15) is 0 Å². The summed E-state index contributed by atoms with van der Waals surface area (Å²) in [5, 5.41) is 0. The van der Waals surface area contributed by atoms with Crippen LogP contribution in [0.3, 0.4) is 0 Å². The largest absolute Gasteiger partial charge is 0.0617 e. The molecule has 0 aromatic carbocycles. The van der Waals surface area contributed by atoms with E-state index in [4.69, 9.17) is 0 Å². The molecule has 3 radical (unpaired) electrons. The highest BCUT2D eigenvalue weighted by atomic mass is 14.6. The molecule has 11 heavy (non-hydrogen) atoms. The molecule has 2 atom stereocenters. The summed E-state index contributed by atoms with van der Waals surface area (Å²) in [6.45, 7) is 7.01. The summed E-state index contributed by atoms with van der Waals surface area (Å²) in [4.78, 5) is 0. The van der Waals surface area contributed by atoms with Crippen molar-refractivity contribution in [2.45, 2.75) is 33.6 Å². The summed E-state index contributed by atoms with van der Waals surface area (Å²) < 4.78 is 0. The van der Waals surface area contributed by atoms with Gasteiger partial charge in [-0.2, -0.15) is 0 Å². The molecule has 61 valence electrons. The molecule has 0 amide bonds. The van der Waals surface area contributed by atoms with E-state index in [1.54, 1.807) is 5.92 Å². The lowest BCUT2D eigenvalue weighted by Gasteiger charge is -2.59. The van der Waals surface area contributed by atoms with Crippen LogP contribution in [0.25, 0.3) is 0 Å². The number of rotatable bonds is 1. The topological polar surface area (TPSA) is 0 Å². The van der Waals surface area contributed by atoms with Crippen molar-refractivity contribution in [2.24, 2.45) is 17.3 Å². The van der Waals surface area contributed by atoms with Crippen molar-refractivity contribution in [3.05, 3.63) is 18.8 Å². The Morgan fingerprint density at radius 2 is 2.27 bits per heavy atom. The van der Waals surface area contributed by atoms with Crippen molar-refractivity contribution in [1.29, 1.82) is 0 Å². The zero-order valence-electron chi connectivity index (χ0n) is 7.72. The van der Waals surface area contributed by atoms with Gasteiger partial charge in [0, 0.05) is 0 Å². The van der Waals surface area contributed by atoms with E-state index in [0.717, 1.165) is 11.8 Å². The third kappa shape index (κ3) is 0.878. The summed E-state index contributed by atoms with van der Waals surface area (Å²) >= 11 is 0. The Labute approximate surface area is 70.4 Å². The molecule has 0 nitrogen and oxygen atoms in total. The van der Waals surface area contributed by atoms with Crippen LogP contribution in [0, 0.1) is 36.0 Å². The second kappa shape index (κ2) is 2.24. The minimum atomic E-state index is 0.608. The van der Waals surface area contributed by atoms with Gasteiger partial charge in [-0.1, -0.05) is 20.8 Å². The highest BCUT2D eigenvalue weighted by Gasteiger charge is 2.53. The van der Waals surface area contributed by atoms with Gasteiger partial charge < -0.3 is 0 Å². The van der Waals surface area contributed by atoms with Gasteiger partial charge in [-0.05, 0) is 48.9 Å². The van der Waals surface area contributed by atoms with Crippen molar-refractivity contribution >= 4 is 0 Å². The number of hydrogen-bond acceptors (Lipinski definition) is 0. The number of fused-ring (bicyclic) bond motifs is 2. The fraction of sp³-hybridized carbons (Fsp3) is 0.727. The third-order valence-electron chi connectivity index (χ3n) is 3.84. The first-order valence-electron chi connectivity index (χ1n) is 4.65. The predicted molar refractivity (Wildman–Crippen MR) is 47.5 cm³/mol. The van der Waals surface area contributed by atoms with Gasteiger partial charge in [-0.3, -0.25) is 0 Å². The lowest BCUT2D eigenvalue weighted by Crippen LogP contribution is -2.51. The lowest BCUT2D eigenvalue weighted by molar-refractivity contribution is -0.0275. The van der Waals surface area contributed by atoms with E-state index < -0.39 is 0 Å². The van der Waals surface area contributed by atoms with Crippen LogP contribution in [0.2, 0.25) is 0 Å². The van der Waals surface area contributed by atoms with Crippen molar-refractivity contribution in [1.82, 2.24) is 0 Å². The lowest BCUT2D eigenvalue weighted by atomic mass is 9.45. The first-order valence-corrected chi connectivity index (χ1v) is 4.65. The minimum Gasteiger partial charge on any atom is -0.0617 e. The standard InChI is InChI=1S/C11H17/c1-4-8-5-6-9-7-10(8)11(9,2)3/h4-5,9-10H,6-7H2,1-3H3/t9-,10-/m0/s1. The van der Waals surface area contributed by atoms with Crippen LogP contribution in [0.15, 0.2) is 0 Å². The van der Waals surface area contributed by atoms with Crippen molar-refractivity contribution in [2.75, 3.05) is 0 Å². The molecule has 3 fully saturated rings. The molecule has 0 heteroatoms. The molecule has 3 aliphatic rings. The summed E-state index contributed by atoms with van der Waals surface area (Å²) in [5.74, 6) is 3.47. The monoisotopic (exact) mass is 149 g/mol. The van der Waals surface area contributed by atoms with Gasteiger partial charge in [-0.25, -0.2) is 0 Å². The van der Waals surface area contributed by atoms with E-state index in [9.17, 15) is 0 Å². The zero-order chi connectivity index (χ0) is 8.06. The summed E-state index contributed by atoms with van der Waals surface area (Å²) in [5.41, 5.74) is 0.608. The first-order chi connectivity index (χ1) is 5.16. The molecule has 3 saturated carbocycles. The Morgan fingerprint density at radius 1 is 1.55 bits per heavy atom. The van der Waals surface area contributed by atoms with Crippen LogP contribution >= 0.6 is 0 Å². The molecule has 2 bridgehead atoms. The Morgan fingerprint density at radius 3 is 2.64 bits per heavy atom. The van der Waals surface area contributed by atoms with E-state index in [2.05, 4.69) is 33.6 Å². The second-order valence-corrected chi connectivity index (χ2v) is 4.54. The van der Waals surface area contributed by atoms with Crippen LogP contribution in [0.1, 0.15) is 33.6 Å². The maximum absolute atomic E-state index is 2.43. The van der Waals surface area contributed by atoms with Gasteiger partial charge in [0.2, 0.25) is 0 Å². The van der Waals surface area contributed by atoms with E-state index in [1.165, 1.54) is 12.8 Å². The molecule has 3 rings (SSSR count). The van der Waals surface area contributed by atoms with E-state index >= 15 is 0 Å². The predicted octanol–water partition coefficient (Wildman–Crippen LogP) is 3.06. The van der Waals surface area contributed by atoms with Gasteiger partial charge in [0.15, 0.2) is 0 Å². The number of hydrogen-bond donors (Lipinski definition) is 0. The summed E-state index contributed by atoms with van der Waals surface area (Å²) in [7, 11) is 0. The first kappa shape index (κ1) is 7.64. The highest BCUT2D eigenvalue weighted by Crippen LogP contribution is 2.62. The summed E-state index contributed by atoms with van der Waals surface area (Å²) in [6, 6.07) is 0. The van der Waals surface area contributed by atoms with Crippen LogP contribution < -0.4 is 0 Å². The molecule has 0 saturated heterocycles. The Kier molecular flexibility index (Phi) is 1.56. The quantitative estimate of drug-likeness (QED) is 0.537. The molecule has 0 N–H and O–H groups in total. The zero-order valence-corrected chi connectivity index (χ0v) is 7.72. The fourth-order valence-corrected chi connectivity index (χ4v) is 2.72. The van der Waals surface area contributed by atoms with Crippen molar-refractivity contribution in [3.8, 4) is 0 Å². The molecule has 0 aromatic heterocycles. The molecule has 0 unspecified atom stereocenters. The maximum atomic E-state index is 2.43. The molecular weight excluding hydrogens is 132 g/mol. The van der Waals surface area contributed by atoms with E-state index in [1.807, 2.05) is 0 Å². The fourth-order valence-electron chi connectivity index (χ4n) is 2.72. The average Bonchev–Trinajstić information content (AvgIpc) is 2.04. The second-order valence-electron chi connectivity index (χ2n) is 4.54. The highest BCUT2D eigenvalue weighted by molar-refractivity contribution is 5.28. The van der Waals surface area contributed by atoms with Crippen molar-refractivity contribution in [3.63, 3.8) is 0 Å². The van der Waals surface area contributed by atoms with Crippen LogP contribution in [-0.4, -0.2) is 0 Å².